The summed E-state index contributed by atoms with van der Waals surface area (Å²) in [4.78, 5) is 34.0. The maximum absolute atomic E-state index is 14.3. The molecule has 0 spiro atoms. The van der Waals surface area contributed by atoms with Crippen molar-refractivity contribution in [3.63, 3.8) is 0 Å². The van der Waals surface area contributed by atoms with Gasteiger partial charge in [0, 0.05) is 48.1 Å². The number of nitrogens with zero attached hydrogens (tertiary/aromatic N) is 2. The number of hydrogen-bond donors (Lipinski definition) is 1. The molecule has 39 heavy (non-hydrogen) atoms. The monoisotopic (exact) mass is 600 g/mol. The number of hydrogen-bond acceptors (Lipinski definition) is 7. The Bertz CT molecular complexity index is 1190. The third kappa shape index (κ3) is 7.00. The van der Waals surface area contributed by atoms with Gasteiger partial charge >= 0.3 is 5.97 Å². The van der Waals surface area contributed by atoms with E-state index >= 15 is 0 Å². The second-order valence-electron chi connectivity index (χ2n) is 10.9. The molecule has 0 unspecified atom stereocenters. The molecule has 2 aliphatic rings. The summed E-state index contributed by atoms with van der Waals surface area (Å²) < 4.78 is 18.6. The molecule has 0 aliphatic carbocycles. The SMILES string of the molecule is CC(C)(C)OC(=O)CC[C@@]1(C(=O)N2CCCC2)N=C(c2ccc(OCCCO)cc2)O[C@@H]1c1ccccc1Br. The molecule has 0 aromatic heterocycles. The van der Waals surface area contributed by atoms with Crippen molar-refractivity contribution in [1.29, 1.82) is 0 Å². The van der Waals surface area contributed by atoms with Gasteiger partial charge in [-0.25, -0.2) is 4.99 Å². The fourth-order valence-electron chi connectivity index (χ4n) is 4.90. The maximum atomic E-state index is 14.3. The van der Waals surface area contributed by atoms with Crippen molar-refractivity contribution in [1.82, 2.24) is 4.90 Å². The van der Waals surface area contributed by atoms with Gasteiger partial charge in [0.1, 0.15) is 11.4 Å². The van der Waals surface area contributed by atoms with E-state index in [0.717, 1.165) is 22.9 Å². The summed E-state index contributed by atoms with van der Waals surface area (Å²) in [7, 11) is 0. The molecule has 2 heterocycles. The van der Waals surface area contributed by atoms with Gasteiger partial charge in [-0.15, -0.1) is 0 Å². The van der Waals surface area contributed by atoms with Crippen molar-refractivity contribution in [2.75, 3.05) is 26.3 Å². The Morgan fingerprint density at radius 2 is 1.82 bits per heavy atom. The van der Waals surface area contributed by atoms with Crippen LogP contribution in [0.3, 0.4) is 0 Å². The summed E-state index contributed by atoms with van der Waals surface area (Å²) in [5.74, 6) is 0.491. The van der Waals surface area contributed by atoms with Crippen LogP contribution in [0.25, 0.3) is 0 Å². The van der Waals surface area contributed by atoms with Crippen LogP contribution in [0.5, 0.6) is 5.75 Å². The molecule has 0 saturated carbocycles. The Hall–Kier alpha value is -2.91. The molecule has 2 aliphatic heterocycles. The van der Waals surface area contributed by atoms with Gasteiger partial charge < -0.3 is 24.2 Å². The number of rotatable bonds is 10. The van der Waals surface area contributed by atoms with E-state index in [1.165, 1.54) is 0 Å². The molecule has 8 nitrogen and oxygen atoms in total. The molecular weight excluding hydrogens is 564 g/mol. The minimum absolute atomic E-state index is 0.0234. The number of ether oxygens (including phenoxy) is 3. The van der Waals surface area contributed by atoms with Crippen LogP contribution >= 0.6 is 15.9 Å². The van der Waals surface area contributed by atoms with Gasteiger partial charge in [-0.2, -0.15) is 0 Å². The van der Waals surface area contributed by atoms with Crippen molar-refractivity contribution in [3.05, 3.63) is 64.1 Å². The average molecular weight is 602 g/mol. The zero-order valence-corrected chi connectivity index (χ0v) is 24.4. The van der Waals surface area contributed by atoms with Crippen LogP contribution in [0.1, 0.15) is 70.1 Å². The van der Waals surface area contributed by atoms with Crippen LogP contribution in [0.4, 0.5) is 0 Å². The van der Waals surface area contributed by atoms with Crippen LogP contribution in [0.15, 0.2) is 58.0 Å². The normalized spacial score (nSPS) is 20.9. The number of amides is 1. The van der Waals surface area contributed by atoms with E-state index in [-0.39, 0.29) is 31.3 Å². The number of esters is 1. The first-order chi connectivity index (χ1) is 18.6. The number of aliphatic hydroxyl groups is 1. The molecule has 0 bridgehead atoms. The summed E-state index contributed by atoms with van der Waals surface area (Å²) in [5, 5.41) is 9.00. The third-order valence-electron chi connectivity index (χ3n) is 6.72. The largest absolute Gasteiger partial charge is 0.494 e. The lowest BCUT2D eigenvalue weighted by atomic mass is 9.83. The zero-order chi connectivity index (χ0) is 28.0. The number of halogens is 1. The van der Waals surface area contributed by atoms with Gasteiger partial charge in [0.2, 0.25) is 5.90 Å². The van der Waals surface area contributed by atoms with Gasteiger partial charge in [-0.05, 0) is 70.4 Å². The lowest BCUT2D eigenvalue weighted by Crippen LogP contribution is -2.49. The number of aliphatic imine (C=N–C) groups is 1. The minimum atomic E-state index is -1.34. The van der Waals surface area contributed by atoms with E-state index < -0.39 is 17.2 Å². The highest BCUT2D eigenvalue weighted by Crippen LogP contribution is 2.46. The molecule has 2 aromatic rings. The summed E-state index contributed by atoms with van der Waals surface area (Å²) in [6.45, 7) is 7.26. The lowest BCUT2D eigenvalue weighted by Gasteiger charge is -2.34. The molecule has 2 aromatic carbocycles. The summed E-state index contributed by atoms with van der Waals surface area (Å²) in [6.07, 6.45) is 1.85. The first kappa shape index (κ1) is 29.1. The van der Waals surface area contributed by atoms with Gasteiger partial charge in [0.05, 0.1) is 6.61 Å². The predicted octanol–water partition coefficient (Wildman–Crippen LogP) is 5.21. The summed E-state index contributed by atoms with van der Waals surface area (Å²) >= 11 is 3.64. The number of benzene rings is 2. The molecule has 210 valence electrons. The van der Waals surface area contributed by atoms with Crippen LogP contribution in [0, 0.1) is 0 Å². The van der Waals surface area contributed by atoms with E-state index in [4.69, 9.17) is 24.3 Å². The smallest absolute Gasteiger partial charge is 0.306 e. The van der Waals surface area contributed by atoms with E-state index in [1.54, 1.807) is 0 Å². The Labute approximate surface area is 238 Å². The highest BCUT2D eigenvalue weighted by Gasteiger charge is 2.55. The van der Waals surface area contributed by atoms with Gasteiger partial charge in [-0.1, -0.05) is 34.1 Å². The van der Waals surface area contributed by atoms with Crippen molar-refractivity contribution in [3.8, 4) is 5.75 Å². The second kappa shape index (κ2) is 12.5. The molecule has 4 rings (SSSR count). The molecule has 1 saturated heterocycles. The summed E-state index contributed by atoms with van der Waals surface area (Å²) in [5.41, 5.74) is -0.476. The Morgan fingerprint density at radius 3 is 2.46 bits per heavy atom. The first-order valence-electron chi connectivity index (χ1n) is 13.5. The standard InChI is InChI=1S/C30H37BrN2O6/c1-29(2,3)39-25(35)15-16-30(28(36)33-17-6-7-18-33)26(23-9-4-5-10-24(23)31)38-27(32-30)21-11-13-22(14-12-21)37-20-8-19-34/h4-5,9-14,26,34H,6-8,15-20H2,1-3H3/t26-,30-/m1/s1. The van der Waals surface area contributed by atoms with Crippen molar-refractivity contribution < 1.29 is 28.9 Å². The third-order valence-corrected chi connectivity index (χ3v) is 7.44. The van der Waals surface area contributed by atoms with Crippen molar-refractivity contribution in [2.24, 2.45) is 4.99 Å². The number of carbonyl (C=O) groups is 2. The molecule has 2 atom stereocenters. The molecular formula is C30H37BrN2O6. The number of likely N-dealkylation sites (tertiary alicyclic amines) is 1. The van der Waals surface area contributed by atoms with Crippen LogP contribution < -0.4 is 4.74 Å². The lowest BCUT2D eigenvalue weighted by molar-refractivity contribution is -0.155. The van der Waals surface area contributed by atoms with Crippen LogP contribution in [-0.4, -0.2) is 65.2 Å². The second-order valence-corrected chi connectivity index (χ2v) is 11.8. The fourth-order valence-corrected chi connectivity index (χ4v) is 5.39. The highest BCUT2D eigenvalue weighted by atomic mass is 79.9. The highest BCUT2D eigenvalue weighted by molar-refractivity contribution is 9.10. The topological polar surface area (TPSA) is 97.7 Å². The van der Waals surface area contributed by atoms with E-state index in [9.17, 15) is 9.59 Å². The van der Waals surface area contributed by atoms with Gasteiger partial charge in [0.15, 0.2) is 11.6 Å². The van der Waals surface area contributed by atoms with Crippen LogP contribution in [0.2, 0.25) is 0 Å². The summed E-state index contributed by atoms with van der Waals surface area (Å²) in [6, 6.07) is 15.0. The van der Waals surface area contributed by atoms with Crippen molar-refractivity contribution in [2.45, 2.75) is 70.1 Å². The van der Waals surface area contributed by atoms with Crippen LogP contribution in [-0.2, 0) is 19.1 Å². The average Bonchev–Trinajstić information content (AvgIpc) is 3.56. The Kier molecular flexibility index (Phi) is 9.33. The van der Waals surface area contributed by atoms with Gasteiger partial charge in [0.25, 0.3) is 5.91 Å². The Morgan fingerprint density at radius 1 is 1.13 bits per heavy atom. The maximum Gasteiger partial charge on any atom is 0.306 e. The molecule has 1 amide bonds. The molecule has 1 fully saturated rings. The van der Waals surface area contributed by atoms with Crippen molar-refractivity contribution >= 4 is 33.7 Å². The Balaban J connectivity index is 1.73. The fraction of sp³-hybridized carbons (Fsp3) is 0.500. The minimum Gasteiger partial charge on any atom is -0.494 e. The number of aliphatic hydroxyl groups excluding tert-OH is 1. The van der Waals surface area contributed by atoms with E-state index in [0.29, 0.717) is 43.3 Å². The van der Waals surface area contributed by atoms with Gasteiger partial charge in [-0.3, -0.25) is 9.59 Å². The molecule has 1 N–H and O–H groups in total. The first-order valence-corrected chi connectivity index (χ1v) is 14.3. The zero-order valence-electron chi connectivity index (χ0n) is 22.8. The van der Waals surface area contributed by atoms with E-state index in [1.807, 2.05) is 74.2 Å². The number of carbonyl (C=O) groups excluding carboxylic acids is 2. The molecule has 9 heteroatoms. The quantitative estimate of drug-likeness (QED) is 0.297. The van der Waals surface area contributed by atoms with E-state index in [2.05, 4.69) is 15.9 Å². The molecule has 0 radical (unpaired) electrons. The predicted molar refractivity (Wildman–Crippen MR) is 152 cm³/mol.